The molecule has 1 N–H and O–H groups in total. The Hall–Kier alpha value is -1.31. The molecule has 1 aliphatic heterocycles. The first-order chi connectivity index (χ1) is 5.84. The lowest BCUT2D eigenvalue weighted by atomic mass is 10.6. The van der Waals surface area contributed by atoms with Gasteiger partial charge in [-0.1, -0.05) is 0 Å². The summed E-state index contributed by atoms with van der Waals surface area (Å²) in [5.41, 5.74) is 0. The van der Waals surface area contributed by atoms with Crippen LogP contribution in [-0.4, -0.2) is 54.2 Å². The van der Waals surface area contributed by atoms with E-state index >= 15 is 0 Å². The van der Waals surface area contributed by atoms with E-state index < -0.39 is 22.1 Å². The second-order valence-electron chi connectivity index (χ2n) is 2.55. The highest BCUT2D eigenvalue weighted by Crippen LogP contribution is 2.11. The number of imide groups is 1. The van der Waals surface area contributed by atoms with Crippen LogP contribution in [0.25, 0.3) is 0 Å². The van der Waals surface area contributed by atoms with Crippen LogP contribution < -0.4 is 0 Å². The number of amides is 3. The third-order valence-corrected chi connectivity index (χ3v) is 2.74. The van der Waals surface area contributed by atoms with Crippen LogP contribution in [0.5, 0.6) is 0 Å². The Balaban J connectivity index is 2.90. The van der Waals surface area contributed by atoms with Crippen molar-refractivity contribution in [2.75, 3.05) is 19.3 Å². The number of urea groups is 1. The van der Waals surface area contributed by atoms with Crippen molar-refractivity contribution in [3.63, 3.8) is 0 Å². The lowest BCUT2D eigenvalue weighted by Gasteiger charge is -2.12. The van der Waals surface area contributed by atoms with Crippen molar-refractivity contribution in [1.82, 2.24) is 9.21 Å². The molecule has 1 saturated heterocycles. The average Bonchev–Trinajstić information content (AvgIpc) is 2.28. The van der Waals surface area contributed by atoms with E-state index in [1.807, 2.05) is 0 Å². The first kappa shape index (κ1) is 9.78. The van der Waals surface area contributed by atoms with Crippen molar-refractivity contribution in [3.05, 3.63) is 0 Å². The second kappa shape index (κ2) is 2.87. The highest BCUT2D eigenvalue weighted by Gasteiger charge is 2.37. The molecule has 0 saturated carbocycles. The molecule has 0 bridgehead atoms. The van der Waals surface area contributed by atoms with Gasteiger partial charge in [0.1, 0.15) is 0 Å². The van der Waals surface area contributed by atoms with Gasteiger partial charge in [-0.25, -0.2) is 27.2 Å². The van der Waals surface area contributed by atoms with E-state index in [0.29, 0.717) is 9.21 Å². The Morgan fingerprint density at radius 3 is 2.23 bits per heavy atom. The minimum Gasteiger partial charge on any atom is -0.465 e. The number of sulfonamides is 1. The zero-order chi connectivity index (χ0) is 10.2. The quantitative estimate of drug-likeness (QED) is 0.618. The molecule has 1 heterocycles. The van der Waals surface area contributed by atoms with Gasteiger partial charge < -0.3 is 5.11 Å². The lowest BCUT2D eigenvalue weighted by molar-refractivity contribution is 0.156. The number of hydrogen-bond acceptors (Lipinski definition) is 4. The molecule has 0 aromatic heterocycles. The van der Waals surface area contributed by atoms with Gasteiger partial charge in [-0.3, -0.25) is 0 Å². The molecule has 74 valence electrons. The molecule has 0 aromatic rings. The molecule has 3 amide bonds. The Kier molecular flexibility index (Phi) is 2.16. The first-order valence-electron chi connectivity index (χ1n) is 3.36. The third-order valence-electron chi connectivity index (χ3n) is 1.60. The van der Waals surface area contributed by atoms with Gasteiger partial charge in [-0.2, -0.15) is 0 Å². The maximum Gasteiger partial charge on any atom is 0.415 e. The van der Waals surface area contributed by atoms with Gasteiger partial charge in [-0.05, 0) is 0 Å². The van der Waals surface area contributed by atoms with Crippen molar-refractivity contribution in [2.45, 2.75) is 0 Å². The zero-order valence-electron chi connectivity index (χ0n) is 6.80. The van der Waals surface area contributed by atoms with Crippen molar-refractivity contribution < 1.29 is 23.1 Å². The van der Waals surface area contributed by atoms with Crippen LogP contribution in [0, 0.1) is 0 Å². The van der Waals surface area contributed by atoms with Crippen LogP contribution in [0.4, 0.5) is 9.59 Å². The van der Waals surface area contributed by atoms with Crippen LogP contribution in [-0.2, 0) is 10.0 Å². The van der Waals surface area contributed by atoms with Gasteiger partial charge in [0.25, 0.3) is 0 Å². The van der Waals surface area contributed by atoms with Gasteiger partial charge in [0.2, 0.25) is 10.0 Å². The summed E-state index contributed by atoms with van der Waals surface area (Å²) in [6.45, 7) is -0.217. The molecule has 0 unspecified atom stereocenters. The number of carboxylic acid groups (broad SMARTS) is 1. The molecule has 0 aliphatic carbocycles. The number of nitrogens with zero attached hydrogens (tertiary/aromatic N) is 2. The predicted octanol–water partition coefficient (Wildman–Crippen LogP) is -0.638. The summed E-state index contributed by atoms with van der Waals surface area (Å²) in [7, 11) is -3.64. The first-order valence-corrected chi connectivity index (χ1v) is 5.21. The standard InChI is InChI=1S/C5H8N2O5S/c1-13(11,12)7-3-2-6(4(7)8)5(9)10/h2-3H2,1H3,(H,9,10). The molecule has 8 heteroatoms. The van der Waals surface area contributed by atoms with Crippen molar-refractivity contribution in [2.24, 2.45) is 0 Å². The maximum absolute atomic E-state index is 11.1. The molecule has 0 radical (unpaired) electrons. The molecule has 0 aromatic carbocycles. The van der Waals surface area contributed by atoms with E-state index in [1.54, 1.807) is 0 Å². The summed E-state index contributed by atoms with van der Waals surface area (Å²) in [5.74, 6) is 0. The Labute approximate surface area is 74.6 Å². The summed E-state index contributed by atoms with van der Waals surface area (Å²) < 4.78 is 22.3. The molecular formula is C5H8N2O5S. The van der Waals surface area contributed by atoms with E-state index in [-0.39, 0.29) is 13.1 Å². The average molecular weight is 208 g/mol. The summed E-state index contributed by atoms with van der Waals surface area (Å²) in [6, 6.07) is -1.00. The Bertz CT molecular complexity index is 348. The van der Waals surface area contributed by atoms with Crippen molar-refractivity contribution >= 4 is 22.1 Å². The normalized spacial score (nSPS) is 18.1. The summed E-state index contributed by atoms with van der Waals surface area (Å²) >= 11 is 0. The maximum atomic E-state index is 11.1. The largest absolute Gasteiger partial charge is 0.465 e. The van der Waals surface area contributed by atoms with Crippen LogP contribution in [0.3, 0.4) is 0 Å². The van der Waals surface area contributed by atoms with E-state index in [2.05, 4.69) is 0 Å². The summed E-state index contributed by atoms with van der Waals surface area (Å²) in [6.07, 6.45) is -0.577. The van der Waals surface area contributed by atoms with Gasteiger partial charge in [-0.15, -0.1) is 0 Å². The second-order valence-corrected chi connectivity index (χ2v) is 4.46. The van der Waals surface area contributed by atoms with Gasteiger partial charge in [0, 0.05) is 0 Å². The fourth-order valence-corrected chi connectivity index (χ4v) is 1.80. The third kappa shape index (κ3) is 1.72. The molecule has 7 nitrogen and oxygen atoms in total. The van der Waals surface area contributed by atoms with Crippen LogP contribution in [0.15, 0.2) is 0 Å². The Morgan fingerprint density at radius 2 is 2.00 bits per heavy atom. The fourth-order valence-electron chi connectivity index (χ4n) is 1.00. The molecule has 1 fully saturated rings. The number of carbonyl (C=O) groups is 2. The number of carbonyl (C=O) groups excluding carboxylic acids is 1. The molecular weight excluding hydrogens is 200 g/mol. The van der Waals surface area contributed by atoms with Gasteiger partial charge in [0.15, 0.2) is 0 Å². The van der Waals surface area contributed by atoms with Crippen molar-refractivity contribution in [3.8, 4) is 0 Å². The molecule has 0 atom stereocenters. The summed E-state index contributed by atoms with van der Waals surface area (Å²) in [5, 5.41) is 8.45. The predicted molar refractivity (Wildman–Crippen MR) is 41.7 cm³/mol. The zero-order valence-corrected chi connectivity index (χ0v) is 7.61. The van der Waals surface area contributed by atoms with Crippen LogP contribution in [0.2, 0.25) is 0 Å². The minimum atomic E-state index is -3.64. The van der Waals surface area contributed by atoms with Gasteiger partial charge in [0.05, 0.1) is 19.3 Å². The molecule has 1 rings (SSSR count). The highest BCUT2D eigenvalue weighted by molar-refractivity contribution is 7.88. The van der Waals surface area contributed by atoms with E-state index in [0.717, 1.165) is 6.26 Å². The van der Waals surface area contributed by atoms with E-state index in [1.165, 1.54) is 0 Å². The van der Waals surface area contributed by atoms with Gasteiger partial charge >= 0.3 is 12.1 Å². The fraction of sp³-hybridized carbons (Fsp3) is 0.600. The van der Waals surface area contributed by atoms with Crippen molar-refractivity contribution in [1.29, 1.82) is 0 Å². The monoisotopic (exact) mass is 208 g/mol. The smallest absolute Gasteiger partial charge is 0.415 e. The molecule has 1 aliphatic rings. The van der Waals surface area contributed by atoms with Crippen LogP contribution in [0.1, 0.15) is 0 Å². The number of hydrogen-bond donors (Lipinski definition) is 1. The molecule has 13 heavy (non-hydrogen) atoms. The van der Waals surface area contributed by atoms with Crippen LogP contribution >= 0.6 is 0 Å². The number of rotatable bonds is 1. The highest BCUT2D eigenvalue weighted by atomic mass is 32.2. The minimum absolute atomic E-state index is 0.107. The summed E-state index contributed by atoms with van der Waals surface area (Å²) in [4.78, 5) is 21.9. The van der Waals surface area contributed by atoms with E-state index in [4.69, 9.17) is 5.11 Å². The lowest BCUT2D eigenvalue weighted by Crippen LogP contribution is -2.37. The Morgan fingerprint density at radius 1 is 1.46 bits per heavy atom. The topological polar surface area (TPSA) is 95.0 Å². The SMILES string of the molecule is CS(=O)(=O)N1CCN(C(=O)O)C1=O. The molecule has 0 spiro atoms. The van der Waals surface area contributed by atoms with E-state index in [9.17, 15) is 18.0 Å².